The van der Waals surface area contributed by atoms with Gasteiger partial charge in [-0.3, -0.25) is 4.79 Å². The van der Waals surface area contributed by atoms with Gasteiger partial charge in [-0.05, 0) is 37.2 Å². The molecule has 0 spiro atoms. The molecule has 0 amide bonds. The van der Waals surface area contributed by atoms with E-state index >= 15 is 0 Å². The van der Waals surface area contributed by atoms with E-state index in [1.165, 1.54) is 6.33 Å². The van der Waals surface area contributed by atoms with Crippen LogP contribution in [0.5, 0.6) is 0 Å². The fourth-order valence-electron chi connectivity index (χ4n) is 3.96. The Bertz CT molecular complexity index is 1070. The highest BCUT2D eigenvalue weighted by Crippen LogP contribution is 2.26. The lowest BCUT2D eigenvalue weighted by Crippen LogP contribution is -2.36. The number of hydrogen-bond acceptors (Lipinski definition) is 8. The zero-order valence-corrected chi connectivity index (χ0v) is 16.6. The zero-order valence-electron chi connectivity index (χ0n) is 16.6. The Morgan fingerprint density at radius 3 is 2.77 bits per heavy atom. The van der Waals surface area contributed by atoms with Gasteiger partial charge in [-0.15, -0.1) is 0 Å². The molecule has 2 fully saturated rings. The van der Waals surface area contributed by atoms with Crippen molar-refractivity contribution in [3.8, 4) is 0 Å². The number of fused-ring (bicyclic) bond motifs is 1. The fraction of sp³-hybridized carbons (Fsp3) is 0.381. The van der Waals surface area contributed by atoms with E-state index in [2.05, 4.69) is 43.0 Å². The van der Waals surface area contributed by atoms with Crippen molar-refractivity contribution < 1.29 is 4.74 Å². The molecule has 4 heterocycles. The van der Waals surface area contributed by atoms with E-state index in [0.29, 0.717) is 28.6 Å². The summed E-state index contributed by atoms with van der Waals surface area (Å²) < 4.78 is 5.42. The number of pyridine rings is 1. The molecule has 0 saturated carbocycles. The van der Waals surface area contributed by atoms with Crippen LogP contribution in [0.15, 0.2) is 41.5 Å². The zero-order chi connectivity index (χ0) is 20.3. The predicted octanol–water partition coefficient (Wildman–Crippen LogP) is 1.67. The molecule has 3 aromatic rings. The molecule has 2 aliphatic rings. The third-order valence-corrected chi connectivity index (χ3v) is 5.54. The summed E-state index contributed by atoms with van der Waals surface area (Å²) in [6, 6.07) is 10.3. The van der Waals surface area contributed by atoms with E-state index in [1.54, 1.807) is 0 Å². The number of morpholine rings is 1. The molecule has 2 aliphatic heterocycles. The average molecular weight is 407 g/mol. The Morgan fingerprint density at radius 2 is 2.00 bits per heavy atom. The minimum absolute atomic E-state index is 0.214. The number of benzene rings is 1. The third-order valence-electron chi connectivity index (χ3n) is 5.54. The first-order valence-corrected chi connectivity index (χ1v) is 10.3. The summed E-state index contributed by atoms with van der Waals surface area (Å²) in [6.07, 6.45) is 2.46. The number of hydrogen-bond donors (Lipinski definition) is 4. The predicted molar refractivity (Wildman–Crippen MR) is 118 cm³/mol. The monoisotopic (exact) mass is 407 g/mol. The maximum Gasteiger partial charge on any atom is 0.262 e. The van der Waals surface area contributed by atoms with Crippen LogP contribution in [-0.4, -0.2) is 60.4 Å². The number of H-pyrrole nitrogens is 1. The van der Waals surface area contributed by atoms with Gasteiger partial charge in [-0.1, -0.05) is 0 Å². The minimum Gasteiger partial charge on any atom is -0.378 e. The van der Waals surface area contributed by atoms with Gasteiger partial charge in [0.05, 0.1) is 25.1 Å². The van der Waals surface area contributed by atoms with Gasteiger partial charge < -0.3 is 30.6 Å². The molecule has 4 N–H and O–H groups in total. The number of aromatic amines is 1. The smallest absolute Gasteiger partial charge is 0.262 e. The highest BCUT2D eigenvalue weighted by molar-refractivity contribution is 5.92. The largest absolute Gasteiger partial charge is 0.378 e. The van der Waals surface area contributed by atoms with Crippen molar-refractivity contribution in [3.05, 3.63) is 47.0 Å². The van der Waals surface area contributed by atoms with E-state index in [1.807, 2.05) is 18.2 Å². The SMILES string of the molecule is O=c1[nH]cnc2cc(N[C@@H]3CCNC3)nc(Nc3ccc(N4CCOCC4)cc3)c12. The second-order valence-electron chi connectivity index (χ2n) is 7.59. The Kier molecular flexibility index (Phi) is 5.20. The van der Waals surface area contributed by atoms with Crippen LogP contribution in [0.2, 0.25) is 0 Å². The van der Waals surface area contributed by atoms with Gasteiger partial charge in [-0.2, -0.15) is 0 Å². The van der Waals surface area contributed by atoms with Crippen LogP contribution in [0, 0.1) is 0 Å². The van der Waals surface area contributed by atoms with Crippen molar-refractivity contribution in [2.24, 2.45) is 0 Å². The topological polar surface area (TPSA) is 107 Å². The van der Waals surface area contributed by atoms with Crippen LogP contribution in [0.3, 0.4) is 0 Å². The van der Waals surface area contributed by atoms with Crippen LogP contribution in [0.4, 0.5) is 23.0 Å². The van der Waals surface area contributed by atoms with Crippen molar-refractivity contribution in [2.45, 2.75) is 12.5 Å². The Labute approximate surface area is 173 Å². The van der Waals surface area contributed by atoms with Crippen LogP contribution in [0.1, 0.15) is 6.42 Å². The van der Waals surface area contributed by atoms with Crippen molar-refractivity contribution >= 4 is 33.9 Å². The van der Waals surface area contributed by atoms with E-state index < -0.39 is 0 Å². The van der Waals surface area contributed by atoms with Gasteiger partial charge in [0.15, 0.2) is 0 Å². The maximum absolute atomic E-state index is 12.5. The van der Waals surface area contributed by atoms with Gasteiger partial charge in [0.2, 0.25) is 0 Å². The second-order valence-corrected chi connectivity index (χ2v) is 7.59. The van der Waals surface area contributed by atoms with Gasteiger partial charge in [0.1, 0.15) is 17.0 Å². The highest BCUT2D eigenvalue weighted by atomic mass is 16.5. The molecular weight excluding hydrogens is 382 g/mol. The van der Waals surface area contributed by atoms with Crippen molar-refractivity contribution in [2.75, 3.05) is 54.9 Å². The molecule has 1 atom stereocenters. The summed E-state index contributed by atoms with van der Waals surface area (Å²) in [7, 11) is 0. The van der Waals surface area contributed by atoms with Crippen molar-refractivity contribution in [3.63, 3.8) is 0 Å². The number of nitrogens with zero attached hydrogens (tertiary/aromatic N) is 3. The van der Waals surface area contributed by atoms with Crippen LogP contribution < -0.4 is 26.4 Å². The molecule has 0 radical (unpaired) electrons. The molecule has 0 unspecified atom stereocenters. The lowest BCUT2D eigenvalue weighted by atomic mass is 10.2. The first-order valence-electron chi connectivity index (χ1n) is 10.3. The standard InChI is InChI=1S/C21H25N7O2/c29-21-19-17(23-13-24-21)11-18(25-15-5-6-22-12-15)27-20(19)26-14-1-3-16(4-2-14)28-7-9-30-10-8-28/h1-4,11,13,15,22H,5-10,12H2,(H,23,24,29)(H2,25,26,27)/t15-/m1/s1. The van der Waals surface area contributed by atoms with E-state index in [4.69, 9.17) is 9.72 Å². The number of ether oxygens (including phenoxy) is 1. The molecule has 5 rings (SSSR count). The molecule has 0 aliphatic carbocycles. The van der Waals surface area contributed by atoms with Crippen molar-refractivity contribution in [1.29, 1.82) is 0 Å². The molecule has 0 bridgehead atoms. The molecular formula is C21H25N7O2. The molecule has 1 aromatic carbocycles. The fourth-order valence-corrected chi connectivity index (χ4v) is 3.96. The Hall–Kier alpha value is -3.17. The molecule has 30 heavy (non-hydrogen) atoms. The third kappa shape index (κ3) is 3.94. The normalized spacial score (nSPS) is 19.2. The molecule has 9 heteroatoms. The molecule has 2 saturated heterocycles. The van der Waals surface area contributed by atoms with Crippen LogP contribution >= 0.6 is 0 Å². The number of nitrogens with one attached hydrogen (secondary N) is 4. The van der Waals surface area contributed by atoms with Crippen LogP contribution in [0.25, 0.3) is 10.9 Å². The van der Waals surface area contributed by atoms with Crippen LogP contribution in [-0.2, 0) is 4.74 Å². The van der Waals surface area contributed by atoms with Crippen molar-refractivity contribution in [1.82, 2.24) is 20.3 Å². The molecule has 2 aromatic heterocycles. The maximum atomic E-state index is 12.5. The lowest BCUT2D eigenvalue weighted by molar-refractivity contribution is 0.122. The van der Waals surface area contributed by atoms with E-state index in [9.17, 15) is 4.79 Å². The van der Waals surface area contributed by atoms with Gasteiger partial charge >= 0.3 is 0 Å². The summed E-state index contributed by atoms with van der Waals surface area (Å²) in [6.45, 7) is 5.18. The highest BCUT2D eigenvalue weighted by Gasteiger charge is 2.17. The summed E-state index contributed by atoms with van der Waals surface area (Å²) >= 11 is 0. The first-order chi connectivity index (χ1) is 14.8. The quantitative estimate of drug-likeness (QED) is 0.506. The van der Waals surface area contributed by atoms with Gasteiger partial charge in [0.25, 0.3) is 5.56 Å². The van der Waals surface area contributed by atoms with Gasteiger partial charge in [-0.25, -0.2) is 9.97 Å². The summed E-state index contributed by atoms with van der Waals surface area (Å²) in [5, 5.41) is 10.5. The summed E-state index contributed by atoms with van der Waals surface area (Å²) in [5.74, 6) is 1.20. The van der Waals surface area contributed by atoms with E-state index in [-0.39, 0.29) is 5.56 Å². The lowest BCUT2D eigenvalue weighted by Gasteiger charge is -2.28. The summed E-state index contributed by atoms with van der Waals surface area (Å²) in [5.41, 5.74) is 2.41. The minimum atomic E-state index is -0.214. The average Bonchev–Trinajstić information content (AvgIpc) is 3.28. The molecule has 156 valence electrons. The summed E-state index contributed by atoms with van der Waals surface area (Å²) in [4.78, 5) is 26.5. The number of rotatable bonds is 5. The second kappa shape index (κ2) is 8.29. The first kappa shape index (κ1) is 18.8. The number of aromatic nitrogens is 3. The van der Waals surface area contributed by atoms with E-state index in [0.717, 1.165) is 57.2 Å². The number of anilines is 4. The molecule has 9 nitrogen and oxygen atoms in total. The van der Waals surface area contributed by atoms with Gasteiger partial charge in [0, 0.05) is 43.1 Å². The Morgan fingerprint density at radius 1 is 1.17 bits per heavy atom. The Balaban J connectivity index is 1.44.